The van der Waals surface area contributed by atoms with E-state index in [1.165, 1.54) is 19.3 Å². The molecule has 1 heterocycles. The van der Waals surface area contributed by atoms with E-state index in [-0.39, 0.29) is 0 Å². The quantitative estimate of drug-likeness (QED) is 0.903. The summed E-state index contributed by atoms with van der Waals surface area (Å²) in [5.41, 5.74) is 2.25. The molecule has 1 aliphatic heterocycles. The third-order valence-corrected chi connectivity index (χ3v) is 4.63. The Bertz CT molecular complexity index is 430. The number of aliphatic hydroxyl groups is 1. The highest BCUT2D eigenvalue weighted by molar-refractivity contribution is 5.39. The zero-order valence-corrected chi connectivity index (χ0v) is 13.8. The number of likely N-dealkylation sites (tertiary alicyclic amines) is 1. The molecule has 1 fully saturated rings. The summed E-state index contributed by atoms with van der Waals surface area (Å²) in [6.45, 7) is 9.67. The second-order valence-electron chi connectivity index (χ2n) is 6.51. The van der Waals surface area contributed by atoms with Crippen LogP contribution in [0.15, 0.2) is 18.2 Å². The van der Waals surface area contributed by atoms with Gasteiger partial charge < -0.3 is 9.84 Å². The van der Waals surface area contributed by atoms with Crippen molar-refractivity contribution in [2.24, 2.45) is 0 Å². The van der Waals surface area contributed by atoms with Crippen molar-refractivity contribution in [1.82, 2.24) is 4.90 Å². The van der Waals surface area contributed by atoms with Crippen molar-refractivity contribution < 1.29 is 9.84 Å². The van der Waals surface area contributed by atoms with Crippen molar-refractivity contribution in [3.8, 4) is 5.75 Å². The Balaban J connectivity index is 1.88. The molecule has 1 aromatic rings. The smallest absolute Gasteiger partial charge is 0.125 e. The van der Waals surface area contributed by atoms with Crippen LogP contribution >= 0.6 is 0 Å². The fourth-order valence-electron chi connectivity index (χ4n) is 3.34. The minimum Gasteiger partial charge on any atom is -0.490 e. The van der Waals surface area contributed by atoms with Crippen molar-refractivity contribution in [1.29, 1.82) is 0 Å². The van der Waals surface area contributed by atoms with Gasteiger partial charge in [-0.1, -0.05) is 24.6 Å². The van der Waals surface area contributed by atoms with Gasteiger partial charge in [-0.15, -0.1) is 0 Å². The van der Waals surface area contributed by atoms with Gasteiger partial charge in [0, 0.05) is 18.6 Å². The maximum atomic E-state index is 10.3. The molecule has 0 aromatic heterocycles. The highest BCUT2D eigenvalue weighted by Crippen LogP contribution is 2.24. The number of aryl methyl sites for hydroxylation is 2. The molecule has 2 rings (SSSR count). The third-order valence-electron chi connectivity index (χ3n) is 4.63. The molecule has 0 unspecified atom stereocenters. The average molecular weight is 291 g/mol. The van der Waals surface area contributed by atoms with Gasteiger partial charge >= 0.3 is 0 Å². The highest BCUT2D eigenvalue weighted by atomic mass is 16.5. The van der Waals surface area contributed by atoms with Crippen molar-refractivity contribution in [3.05, 3.63) is 29.3 Å². The van der Waals surface area contributed by atoms with Crippen LogP contribution in [0.2, 0.25) is 0 Å². The van der Waals surface area contributed by atoms with Crippen molar-refractivity contribution in [3.63, 3.8) is 0 Å². The number of hydrogen-bond acceptors (Lipinski definition) is 3. The molecule has 1 aliphatic rings. The summed E-state index contributed by atoms with van der Waals surface area (Å²) in [6.07, 6.45) is 3.32. The number of nitrogens with zero attached hydrogens (tertiary/aromatic N) is 1. The van der Waals surface area contributed by atoms with Crippen LogP contribution in [0.4, 0.5) is 0 Å². The average Bonchev–Trinajstić information content (AvgIpc) is 2.42. The van der Waals surface area contributed by atoms with E-state index in [2.05, 4.69) is 18.7 Å². The first-order valence-electron chi connectivity index (χ1n) is 8.12. The Kier molecular flexibility index (Phi) is 5.65. The van der Waals surface area contributed by atoms with Gasteiger partial charge in [0.2, 0.25) is 0 Å². The summed E-state index contributed by atoms with van der Waals surface area (Å²) in [7, 11) is 0. The molecule has 3 heteroatoms. The van der Waals surface area contributed by atoms with Gasteiger partial charge in [-0.3, -0.25) is 4.90 Å². The summed E-state index contributed by atoms with van der Waals surface area (Å²) >= 11 is 0. The van der Waals surface area contributed by atoms with Gasteiger partial charge in [-0.25, -0.2) is 0 Å². The molecule has 21 heavy (non-hydrogen) atoms. The maximum absolute atomic E-state index is 10.3. The Morgan fingerprint density at radius 3 is 2.33 bits per heavy atom. The van der Waals surface area contributed by atoms with E-state index in [0.29, 0.717) is 25.2 Å². The van der Waals surface area contributed by atoms with Crippen molar-refractivity contribution >= 4 is 0 Å². The first-order chi connectivity index (χ1) is 9.99. The second kappa shape index (κ2) is 7.28. The molecule has 3 nitrogen and oxygen atoms in total. The number of piperidine rings is 1. The molecular formula is C18H29NO2. The van der Waals surface area contributed by atoms with E-state index < -0.39 is 6.10 Å². The SMILES string of the molecule is Cc1cccc(C)c1OC[C@H](O)CN1[C@H](C)CCC[C@H]1C. The number of aliphatic hydroxyl groups excluding tert-OH is 1. The number of hydrogen-bond donors (Lipinski definition) is 1. The van der Waals surface area contributed by atoms with Crippen LogP contribution in [0.5, 0.6) is 5.75 Å². The third kappa shape index (κ3) is 4.21. The molecule has 0 radical (unpaired) electrons. The Labute approximate surface area is 128 Å². The van der Waals surface area contributed by atoms with Crippen LogP contribution in [0.25, 0.3) is 0 Å². The lowest BCUT2D eigenvalue weighted by atomic mass is 9.97. The first-order valence-corrected chi connectivity index (χ1v) is 8.12. The zero-order chi connectivity index (χ0) is 15.4. The van der Waals surface area contributed by atoms with Gasteiger partial charge in [-0.05, 0) is 51.7 Å². The zero-order valence-electron chi connectivity index (χ0n) is 13.8. The topological polar surface area (TPSA) is 32.7 Å². The minimum atomic E-state index is -0.438. The van der Waals surface area contributed by atoms with Crippen LogP contribution in [0, 0.1) is 13.8 Å². The molecule has 3 atom stereocenters. The van der Waals surface area contributed by atoms with Crippen LogP contribution in [0.1, 0.15) is 44.2 Å². The fraction of sp³-hybridized carbons (Fsp3) is 0.667. The summed E-state index contributed by atoms with van der Waals surface area (Å²) in [4.78, 5) is 2.42. The summed E-state index contributed by atoms with van der Waals surface area (Å²) in [6, 6.07) is 7.24. The summed E-state index contributed by atoms with van der Waals surface area (Å²) < 4.78 is 5.86. The van der Waals surface area contributed by atoms with Crippen LogP contribution in [0.3, 0.4) is 0 Å². The van der Waals surface area contributed by atoms with E-state index in [1.807, 2.05) is 32.0 Å². The van der Waals surface area contributed by atoms with Gasteiger partial charge in [0.15, 0.2) is 0 Å². The first kappa shape index (κ1) is 16.3. The molecule has 1 aromatic carbocycles. The summed E-state index contributed by atoms with van der Waals surface area (Å²) in [5.74, 6) is 0.913. The minimum absolute atomic E-state index is 0.363. The van der Waals surface area contributed by atoms with E-state index in [0.717, 1.165) is 16.9 Å². The molecule has 1 saturated heterocycles. The Hall–Kier alpha value is -1.06. The van der Waals surface area contributed by atoms with Crippen LogP contribution in [-0.4, -0.2) is 41.3 Å². The van der Waals surface area contributed by atoms with Crippen molar-refractivity contribution in [2.45, 2.75) is 65.1 Å². The molecule has 0 spiro atoms. The monoisotopic (exact) mass is 291 g/mol. The molecule has 1 N–H and O–H groups in total. The van der Waals surface area contributed by atoms with Crippen LogP contribution < -0.4 is 4.74 Å². The predicted molar refractivity (Wildman–Crippen MR) is 86.9 cm³/mol. The number of β-amino-alcohol motifs (C(OH)–C–C–N with tert-alkyl or cyclic N) is 1. The lowest BCUT2D eigenvalue weighted by molar-refractivity contribution is 0.0206. The van der Waals surface area contributed by atoms with Gasteiger partial charge in [0.1, 0.15) is 18.5 Å². The molecule has 0 bridgehead atoms. The van der Waals surface area contributed by atoms with E-state index in [9.17, 15) is 5.11 Å². The van der Waals surface area contributed by atoms with Crippen LogP contribution in [-0.2, 0) is 0 Å². The standard InChI is InChI=1S/C18H29NO2/c1-13-7-5-8-14(2)18(13)21-12-17(20)11-19-15(3)9-6-10-16(19)4/h5,7-8,15-17,20H,6,9-12H2,1-4H3/t15-,16-,17-/m1/s1. The van der Waals surface area contributed by atoms with Gasteiger partial charge in [0.05, 0.1) is 0 Å². The van der Waals surface area contributed by atoms with Gasteiger partial charge in [0.25, 0.3) is 0 Å². The summed E-state index contributed by atoms with van der Waals surface area (Å²) in [5, 5.41) is 10.3. The molecular weight excluding hydrogens is 262 g/mol. The molecule has 118 valence electrons. The van der Waals surface area contributed by atoms with E-state index >= 15 is 0 Å². The van der Waals surface area contributed by atoms with E-state index in [4.69, 9.17) is 4.74 Å². The lowest BCUT2D eigenvalue weighted by Gasteiger charge is -2.40. The fourth-order valence-corrected chi connectivity index (χ4v) is 3.34. The number of rotatable bonds is 5. The molecule has 0 aliphatic carbocycles. The predicted octanol–water partition coefficient (Wildman–Crippen LogP) is 3.31. The second-order valence-corrected chi connectivity index (χ2v) is 6.51. The largest absolute Gasteiger partial charge is 0.490 e. The maximum Gasteiger partial charge on any atom is 0.125 e. The normalized spacial score (nSPS) is 24.8. The molecule has 0 amide bonds. The number of ether oxygens (including phenoxy) is 1. The molecule has 0 saturated carbocycles. The van der Waals surface area contributed by atoms with Crippen molar-refractivity contribution in [2.75, 3.05) is 13.2 Å². The highest BCUT2D eigenvalue weighted by Gasteiger charge is 2.26. The number of para-hydroxylation sites is 1. The van der Waals surface area contributed by atoms with E-state index in [1.54, 1.807) is 0 Å². The van der Waals surface area contributed by atoms with Gasteiger partial charge in [-0.2, -0.15) is 0 Å². The Morgan fingerprint density at radius 2 is 1.76 bits per heavy atom. The Morgan fingerprint density at radius 1 is 1.19 bits per heavy atom. The number of benzene rings is 1. The lowest BCUT2D eigenvalue weighted by Crippen LogP contribution is -2.48.